The van der Waals surface area contributed by atoms with Crippen LogP contribution in [0.25, 0.3) is 0 Å². The fourth-order valence-corrected chi connectivity index (χ4v) is 5.43. The number of halogens is 1. The first kappa shape index (κ1) is 16.4. The van der Waals surface area contributed by atoms with Gasteiger partial charge in [0.2, 0.25) is 5.91 Å². The first-order valence-corrected chi connectivity index (χ1v) is 9.99. The van der Waals surface area contributed by atoms with E-state index < -0.39 is 9.84 Å². The molecule has 1 saturated carbocycles. The number of rotatable bonds is 4. The molecule has 0 spiro atoms. The lowest BCUT2D eigenvalue weighted by Crippen LogP contribution is -2.37. The van der Waals surface area contributed by atoms with Crippen LogP contribution in [0.3, 0.4) is 0 Å². The lowest BCUT2D eigenvalue weighted by molar-refractivity contribution is -0.118. The number of fused-ring (bicyclic) bond motifs is 1. The molecule has 1 aliphatic carbocycles. The van der Waals surface area contributed by atoms with E-state index in [2.05, 4.69) is 0 Å². The molecular formula is C17H22FNO3S. The molecule has 126 valence electrons. The third-order valence-electron chi connectivity index (χ3n) is 4.88. The Morgan fingerprint density at radius 1 is 1.22 bits per heavy atom. The number of carbonyl (C=O) groups is 1. The predicted molar refractivity (Wildman–Crippen MR) is 87.7 cm³/mol. The summed E-state index contributed by atoms with van der Waals surface area (Å²) in [5, 5.41) is -0.276. The minimum Gasteiger partial charge on any atom is -0.312 e. The van der Waals surface area contributed by atoms with Gasteiger partial charge in [0.1, 0.15) is 5.82 Å². The van der Waals surface area contributed by atoms with Crippen molar-refractivity contribution in [2.45, 2.75) is 50.2 Å². The topological polar surface area (TPSA) is 54.5 Å². The largest absolute Gasteiger partial charge is 0.312 e. The van der Waals surface area contributed by atoms with E-state index in [1.165, 1.54) is 12.1 Å². The number of hydrogen-bond acceptors (Lipinski definition) is 3. The van der Waals surface area contributed by atoms with Crippen molar-refractivity contribution in [3.8, 4) is 0 Å². The summed E-state index contributed by atoms with van der Waals surface area (Å²) in [5.74, 6) is -0.697. The number of benzene rings is 1. The quantitative estimate of drug-likeness (QED) is 0.847. The van der Waals surface area contributed by atoms with E-state index in [0.29, 0.717) is 25.1 Å². The molecule has 0 N–H and O–H groups in total. The van der Waals surface area contributed by atoms with Crippen LogP contribution >= 0.6 is 0 Å². The van der Waals surface area contributed by atoms with Gasteiger partial charge in [-0.1, -0.05) is 18.9 Å². The predicted octanol–water partition coefficient (Wildman–Crippen LogP) is 2.85. The second-order valence-electron chi connectivity index (χ2n) is 6.45. The number of anilines is 1. The van der Waals surface area contributed by atoms with Crippen molar-refractivity contribution in [1.29, 1.82) is 0 Å². The zero-order valence-electron chi connectivity index (χ0n) is 13.1. The van der Waals surface area contributed by atoms with Crippen LogP contribution < -0.4 is 4.90 Å². The first-order valence-electron chi connectivity index (χ1n) is 8.28. The Labute approximate surface area is 136 Å². The molecule has 0 radical (unpaired) electrons. The average molecular weight is 339 g/mol. The highest BCUT2D eigenvalue weighted by molar-refractivity contribution is 7.92. The molecule has 1 aliphatic heterocycles. The molecule has 0 saturated heterocycles. The third-order valence-corrected chi connectivity index (χ3v) is 7.14. The molecule has 6 heteroatoms. The van der Waals surface area contributed by atoms with E-state index in [1.54, 1.807) is 11.0 Å². The fraction of sp³-hybridized carbons (Fsp3) is 0.588. The molecule has 1 amide bonds. The molecule has 0 aromatic heterocycles. The van der Waals surface area contributed by atoms with Gasteiger partial charge in [-0.05, 0) is 43.4 Å². The molecule has 0 bridgehead atoms. The van der Waals surface area contributed by atoms with Gasteiger partial charge in [-0.3, -0.25) is 4.79 Å². The standard InChI is InChI=1S/C17H22FNO3S/c18-14-8-7-13-4-3-10-19(16(13)12-14)17(20)9-11-23(21,22)15-5-1-2-6-15/h7-8,12,15H,1-6,9-11H2. The number of hydrogen-bond donors (Lipinski definition) is 0. The highest BCUT2D eigenvalue weighted by Crippen LogP contribution is 2.29. The Balaban J connectivity index is 1.69. The van der Waals surface area contributed by atoms with E-state index in [-0.39, 0.29) is 29.1 Å². The van der Waals surface area contributed by atoms with Crippen molar-refractivity contribution in [1.82, 2.24) is 0 Å². The van der Waals surface area contributed by atoms with Gasteiger partial charge >= 0.3 is 0 Å². The van der Waals surface area contributed by atoms with Crippen LogP contribution in [-0.4, -0.2) is 31.9 Å². The van der Waals surface area contributed by atoms with Gasteiger partial charge in [-0.25, -0.2) is 12.8 Å². The smallest absolute Gasteiger partial charge is 0.228 e. The van der Waals surface area contributed by atoms with Crippen LogP contribution in [-0.2, 0) is 21.1 Å². The minimum atomic E-state index is -3.20. The van der Waals surface area contributed by atoms with Crippen molar-refractivity contribution in [3.05, 3.63) is 29.6 Å². The maximum Gasteiger partial charge on any atom is 0.228 e. The molecular weight excluding hydrogens is 317 g/mol. The summed E-state index contributed by atoms with van der Waals surface area (Å²) in [6.07, 6.45) is 4.96. The summed E-state index contributed by atoms with van der Waals surface area (Å²) < 4.78 is 38.1. The molecule has 1 aromatic rings. The normalized spacial score (nSPS) is 18.9. The van der Waals surface area contributed by atoms with Crippen LogP contribution in [0.4, 0.5) is 10.1 Å². The zero-order valence-corrected chi connectivity index (χ0v) is 13.9. The summed E-state index contributed by atoms with van der Waals surface area (Å²) in [4.78, 5) is 14.0. The Bertz CT molecular complexity index is 696. The van der Waals surface area contributed by atoms with Crippen molar-refractivity contribution in [2.24, 2.45) is 0 Å². The number of aryl methyl sites for hydroxylation is 1. The monoisotopic (exact) mass is 339 g/mol. The van der Waals surface area contributed by atoms with Crippen molar-refractivity contribution < 1.29 is 17.6 Å². The van der Waals surface area contributed by atoms with E-state index in [1.807, 2.05) is 0 Å². The molecule has 0 unspecified atom stereocenters. The minimum absolute atomic E-state index is 0.0191. The summed E-state index contributed by atoms with van der Waals surface area (Å²) in [5.41, 5.74) is 1.55. The average Bonchev–Trinajstić information content (AvgIpc) is 3.07. The number of amides is 1. The van der Waals surface area contributed by atoms with Crippen molar-refractivity contribution >= 4 is 21.4 Å². The van der Waals surface area contributed by atoms with Gasteiger partial charge in [-0.15, -0.1) is 0 Å². The number of carbonyl (C=O) groups excluding carboxylic acids is 1. The molecule has 2 aliphatic rings. The lowest BCUT2D eigenvalue weighted by atomic mass is 10.0. The highest BCUT2D eigenvalue weighted by Gasteiger charge is 2.30. The molecule has 23 heavy (non-hydrogen) atoms. The summed E-state index contributed by atoms with van der Waals surface area (Å²) in [6.45, 7) is 0.527. The van der Waals surface area contributed by atoms with E-state index in [4.69, 9.17) is 0 Å². The van der Waals surface area contributed by atoms with Crippen LogP contribution in [0.5, 0.6) is 0 Å². The van der Waals surface area contributed by atoms with Gasteiger partial charge in [0.25, 0.3) is 0 Å². The fourth-order valence-electron chi connectivity index (χ4n) is 3.59. The van der Waals surface area contributed by atoms with Crippen molar-refractivity contribution in [2.75, 3.05) is 17.2 Å². The second-order valence-corrected chi connectivity index (χ2v) is 8.85. The first-order chi connectivity index (χ1) is 11.0. The molecule has 0 atom stereocenters. The molecule has 1 aromatic carbocycles. The van der Waals surface area contributed by atoms with Gasteiger partial charge in [-0.2, -0.15) is 0 Å². The zero-order chi connectivity index (χ0) is 16.4. The lowest BCUT2D eigenvalue weighted by Gasteiger charge is -2.29. The summed E-state index contributed by atoms with van der Waals surface area (Å²) >= 11 is 0. The maximum absolute atomic E-state index is 13.5. The van der Waals surface area contributed by atoms with E-state index in [9.17, 15) is 17.6 Å². The Morgan fingerprint density at radius 3 is 2.70 bits per heavy atom. The Kier molecular flexibility index (Phi) is 4.71. The second kappa shape index (κ2) is 6.59. The van der Waals surface area contributed by atoms with Crippen LogP contribution in [0.1, 0.15) is 44.1 Å². The van der Waals surface area contributed by atoms with Crippen molar-refractivity contribution in [3.63, 3.8) is 0 Å². The summed E-state index contributed by atoms with van der Waals surface area (Å²) in [7, 11) is -3.20. The highest BCUT2D eigenvalue weighted by atomic mass is 32.2. The van der Waals surface area contributed by atoms with E-state index in [0.717, 1.165) is 31.2 Å². The van der Waals surface area contributed by atoms with Gasteiger partial charge in [0.05, 0.1) is 11.0 Å². The number of sulfone groups is 1. The van der Waals surface area contributed by atoms with Gasteiger partial charge in [0, 0.05) is 18.7 Å². The maximum atomic E-state index is 13.5. The summed E-state index contributed by atoms with van der Waals surface area (Å²) in [6, 6.07) is 4.48. The molecule has 3 rings (SSSR count). The van der Waals surface area contributed by atoms with Crippen LogP contribution in [0.2, 0.25) is 0 Å². The van der Waals surface area contributed by atoms with Crippen LogP contribution in [0.15, 0.2) is 18.2 Å². The van der Waals surface area contributed by atoms with Gasteiger partial charge in [0.15, 0.2) is 9.84 Å². The molecule has 1 heterocycles. The molecule has 4 nitrogen and oxygen atoms in total. The Morgan fingerprint density at radius 2 is 1.96 bits per heavy atom. The van der Waals surface area contributed by atoms with E-state index >= 15 is 0 Å². The van der Waals surface area contributed by atoms with Crippen LogP contribution in [0, 0.1) is 5.82 Å². The van der Waals surface area contributed by atoms with Gasteiger partial charge < -0.3 is 4.90 Å². The third kappa shape index (κ3) is 3.57. The SMILES string of the molecule is O=C(CCS(=O)(=O)C1CCCC1)N1CCCc2ccc(F)cc21. The number of nitrogens with zero attached hydrogens (tertiary/aromatic N) is 1. The Hall–Kier alpha value is -1.43. The molecule has 1 fully saturated rings.